The lowest BCUT2D eigenvalue weighted by Crippen LogP contribution is -2.36. The van der Waals surface area contributed by atoms with Crippen molar-refractivity contribution in [1.29, 1.82) is 0 Å². The summed E-state index contributed by atoms with van der Waals surface area (Å²) in [6, 6.07) is 7.10. The van der Waals surface area contributed by atoms with Crippen molar-refractivity contribution in [3.63, 3.8) is 0 Å². The molecular weight excluding hydrogens is 316 g/mol. The minimum Gasteiger partial charge on any atom is -0.379 e. The third-order valence-corrected chi connectivity index (χ3v) is 5.09. The van der Waals surface area contributed by atoms with Crippen molar-refractivity contribution in [1.82, 2.24) is 9.80 Å². The lowest BCUT2D eigenvalue weighted by Gasteiger charge is -2.26. The van der Waals surface area contributed by atoms with E-state index >= 15 is 0 Å². The molecule has 25 heavy (non-hydrogen) atoms. The molecule has 1 saturated heterocycles. The highest BCUT2D eigenvalue weighted by Gasteiger charge is 2.34. The fourth-order valence-corrected chi connectivity index (χ4v) is 3.58. The van der Waals surface area contributed by atoms with Gasteiger partial charge >= 0.3 is 0 Å². The number of amides is 2. The Balaban J connectivity index is 1.26. The van der Waals surface area contributed by atoms with Crippen LogP contribution in [0.1, 0.15) is 59.2 Å². The standard InChI is InChI=1S/C20H28N2O3/c23-19-17-9-5-6-10-18(17)20(24)22(19)12-8-4-2-1-3-7-11-21-13-15-25-16-14-21/h5-6,9-10H,1-4,7-8,11-16H2. The maximum absolute atomic E-state index is 12.3. The number of morpholine rings is 1. The largest absolute Gasteiger partial charge is 0.379 e. The number of hydrogen-bond donors (Lipinski definition) is 0. The minimum atomic E-state index is -0.133. The summed E-state index contributed by atoms with van der Waals surface area (Å²) in [6.45, 7) is 5.61. The number of nitrogens with zero attached hydrogens (tertiary/aromatic N) is 2. The summed E-state index contributed by atoms with van der Waals surface area (Å²) in [5.41, 5.74) is 1.10. The molecule has 0 unspecified atom stereocenters. The zero-order valence-corrected chi connectivity index (χ0v) is 14.9. The lowest BCUT2D eigenvalue weighted by molar-refractivity contribution is 0.0371. The number of unbranched alkanes of at least 4 members (excludes halogenated alkanes) is 5. The fraction of sp³-hybridized carbons (Fsp3) is 0.600. The van der Waals surface area contributed by atoms with Crippen molar-refractivity contribution in [2.45, 2.75) is 38.5 Å². The summed E-state index contributed by atoms with van der Waals surface area (Å²) in [7, 11) is 0. The Bertz CT molecular complexity index is 561. The molecular formula is C20H28N2O3. The lowest BCUT2D eigenvalue weighted by atomic mass is 10.1. The molecule has 2 aliphatic rings. The van der Waals surface area contributed by atoms with Gasteiger partial charge in [-0.15, -0.1) is 0 Å². The molecule has 0 aromatic heterocycles. The number of rotatable bonds is 9. The number of fused-ring (bicyclic) bond motifs is 1. The third kappa shape index (κ3) is 4.67. The molecule has 0 bridgehead atoms. The van der Waals surface area contributed by atoms with Crippen molar-refractivity contribution >= 4 is 11.8 Å². The van der Waals surface area contributed by atoms with Crippen LogP contribution in [0.4, 0.5) is 0 Å². The summed E-state index contributed by atoms with van der Waals surface area (Å²) in [4.78, 5) is 28.4. The van der Waals surface area contributed by atoms with Gasteiger partial charge in [-0.1, -0.05) is 37.8 Å². The molecule has 5 heteroatoms. The van der Waals surface area contributed by atoms with Crippen LogP contribution in [-0.2, 0) is 4.74 Å². The van der Waals surface area contributed by atoms with E-state index in [1.165, 1.54) is 37.1 Å². The Morgan fingerprint density at radius 3 is 1.88 bits per heavy atom. The summed E-state index contributed by atoms with van der Waals surface area (Å²) in [5.74, 6) is -0.266. The van der Waals surface area contributed by atoms with Gasteiger partial charge in [-0.3, -0.25) is 19.4 Å². The van der Waals surface area contributed by atoms with E-state index in [0.717, 1.165) is 39.1 Å². The topological polar surface area (TPSA) is 49.9 Å². The number of imide groups is 1. The molecule has 3 rings (SSSR count). The maximum atomic E-state index is 12.3. The van der Waals surface area contributed by atoms with Gasteiger partial charge in [0.15, 0.2) is 0 Å². The molecule has 136 valence electrons. The van der Waals surface area contributed by atoms with Crippen molar-refractivity contribution in [2.24, 2.45) is 0 Å². The zero-order chi connectivity index (χ0) is 17.5. The molecule has 0 aliphatic carbocycles. The van der Waals surface area contributed by atoms with Crippen molar-refractivity contribution < 1.29 is 14.3 Å². The van der Waals surface area contributed by atoms with Crippen LogP contribution in [0.15, 0.2) is 24.3 Å². The highest BCUT2D eigenvalue weighted by molar-refractivity contribution is 6.21. The number of carbonyl (C=O) groups excluding carboxylic acids is 2. The van der Waals surface area contributed by atoms with Gasteiger partial charge in [-0.25, -0.2) is 0 Å². The van der Waals surface area contributed by atoms with Gasteiger partial charge in [0, 0.05) is 19.6 Å². The summed E-state index contributed by atoms with van der Waals surface area (Å²) >= 11 is 0. The van der Waals surface area contributed by atoms with Crippen LogP contribution in [0.5, 0.6) is 0 Å². The molecule has 5 nitrogen and oxygen atoms in total. The van der Waals surface area contributed by atoms with E-state index in [9.17, 15) is 9.59 Å². The SMILES string of the molecule is O=C1c2ccccc2C(=O)N1CCCCCCCCN1CCOCC1. The molecule has 0 spiro atoms. The van der Waals surface area contributed by atoms with Crippen LogP contribution in [0.2, 0.25) is 0 Å². The molecule has 0 radical (unpaired) electrons. The summed E-state index contributed by atoms with van der Waals surface area (Å²) in [5, 5.41) is 0. The fourth-order valence-electron chi connectivity index (χ4n) is 3.58. The molecule has 1 fully saturated rings. The van der Waals surface area contributed by atoms with Gasteiger partial charge in [-0.05, 0) is 31.5 Å². The summed E-state index contributed by atoms with van der Waals surface area (Å²) < 4.78 is 5.36. The number of benzene rings is 1. The molecule has 2 amide bonds. The van der Waals surface area contributed by atoms with Crippen molar-refractivity contribution in [3.05, 3.63) is 35.4 Å². The second-order valence-electron chi connectivity index (χ2n) is 6.88. The van der Waals surface area contributed by atoms with E-state index in [1.54, 1.807) is 12.1 Å². The second kappa shape index (κ2) is 9.11. The molecule has 1 aromatic rings. The zero-order valence-electron chi connectivity index (χ0n) is 14.9. The van der Waals surface area contributed by atoms with Gasteiger partial charge in [-0.2, -0.15) is 0 Å². The third-order valence-electron chi connectivity index (χ3n) is 5.09. The first-order valence-electron chi connectivity index (χ1n) is 9.53. The van der Waals surface area contributed by atoms with E-state index in [-0.39, 0.29) is 11.8 Å². The van der Waals surface area contributed by atoms with Crippen LogP contribution in [-0.4, -0.2) is 61.0 Å². The minimum absolute atomic E-state index is 0.133. The normalized spacial score (nSPS) is 18.0. The van der Waals surface area contributed by atoms with Crippen LogP contribution < -0.4 is 0 Å². The van der Waals surface area contributed by atoms with Gasteiger partial charge in [0.25, 0.3) is 11.8 Å². The molecule has 0 saturated carbocycles. The number of carbonyl (C=O) groups is 2. The predicted octanol–water partition coefficient (Wildman–Crippen LogP) is 2.96. The second-order valence-corrected chi connectivity index (χ2v) is 6.88. The molecule has 2 aliphatic heterocycles. The smallest absolute Gasteiger partial charge is 0.261 e. The van der Waals surface area contributed by atoms with Crippen molar-refractivity contribution in [3.8, 4) is 0 Å². The van der Waals surface area contributed by atoms with Gasteiger partial charge in [0.05, 0.1) is 24.3 Å². The monoisotopic (exact) mass is 344 g/mol. The van der Waals surface area contributed by atoms with Gasteiger partial charge in [0.1, 0.15) is 0 Å². The van der Waals surface area contributed by atoms with Crippen LogP contribution in [0.25, 0.3) is 0 Å². The van der Waals surface area contributed by atoms with Crippen molar-refractivity contribution in [2.75, 3.05) is 39.4 Å². The number of hydrogen-bond acceptors (Lipinski definition) is 4. The van der Waals surface area contributed by atoms with Crippen LogP contribution in [0, 0.1) is 0 Å². The van der Waals surface area contributed by atoms with Gasteiger partial charge in [0.2, 0.25) is 0 Å². The maximum Gasteiger partial charge on any atom is 0.261 e. The van der Waals surface area contributed by atoms with Gasteiger partial charge < -0.3 is 4.74 Å². The molecule has 1 aromatic carbocycles. The quantitative estimate of drug-likeness (QED) is 0.510. The number of ether oxygens (including phenoxy) is 1. The van der Waals surface area contributed by atoms with E-state index in [4.69, 9.17) is 4.74 Å². The summed E-state index contributed by atoms with van der Waals surface area (Å²) in [6.07, 6.45) is 6.88. The Morgan fingerprint density at radius 1 is 0.760 bits per heavy atom. The molecule has 0 atom stereocenters. The van der Waals surface area contributed by atoms with Crippen LogP contribution in [0.3, 0.4) is 0 Å². The Morgan fingerprint density at radius 2 is 1.28 bits per heavy atom. The molecule has 0 N–H and O–H groups in total. The van der Waals surface area contributed by atoms with E-state index in [1.807, 2.05) is 12.1 Å². The van der Waals surface area contributed by atoms with E-state index in [0.29, 0.717) is 17.7 Å². The highest BCUT2D eigenvalue weighted by atomic mass is 16.5. The average molecular weight is 344 g/mol. The molecule has 2 heterocycles. The van der Waals surface area contributed by atoms with Crippen LogP contribution >= 0.6 is 0 Å². The first kappa shape index (κ1) is 18.1. The highest BCUT2D eigenvalue weighted by Crippen LogP contribution is 2.22. The van der Waals surface area contributed by atoms with E-state index in [2.05, 4.69) is 4.90 Å². The first-order chi connectivity index (χ1) is 12.3. The first-order valence-corrected chi connectivity index (χ1v) is 9.53. The Kier molecular flexibility index (Phi) is 6.59. The van der Waals surface area contributed by atoms with E-state index < -0.39 is 0 Å². The predicted molar refractivity (Wildman–Crippen MR) is 96.8 cm³/mol. The Hall–Kier alpha value is -1.72. The average Bonchev–Trinajstić information content (AvgIpc) is 2.90. The Labute approximate surface area is 149 Å².